The molecule has 1 aromatic carbocycles. The zero-order chi connectivity index (χ0) is 13.4. The molecule has 1 N–H and O–H groups in total. The predicted molar refractivity (Wildman–Crippen MR) is 64.8 cm³/mol. The Morgan fingerprint density at radius 2 is 2.32 bits per heavy atom. The Bertz CT molecular complexity index is 644. The van der Waals surface area contributed by atoms with Crippen molar-refractivity contribution in [3.05, 3.63) is 34.9 Å². The van der Waals surface area contributed by atoms with Crippen LogP contribution in [0.2, 0.25) is 5.02 Å². The summed E-state index contributed by atoms with van der Waals surface area (Å²) < 4.78 is 18.1. The van der Waals surface area contributed by atoms with Crippen molar-refractivity contribution in [1.82, 2.24) is 15.5 Å². The van der Waals surface area contributed by atoms with Gasteiger partial charge in [0.1, 0.15) is 11.9 Å². The Labute approximate surface area is 112 Å². The van der Waals surface area contributed by atoms with Crippen molar-refractivity contribution in [2.45, 2.75) is 18.9 Å². The second-order valence-corrected chi connectivity index (χ2v) is 4.65. The number of nitrogens with zero attached hydrogens (tertiary/aromatic N) is 2. The Morgan fingerprint density at radius 3 is 3.00 bits per heavy atom. The van der Waals surface area contributed by atoms with Crippen LogP contribution < -0.4 is 5.32 Å². The zero-order valence-corrected chi connectivity index (χ0v) is 10.4. The second kappa shape index (κ2) is 4.62. The highest BCUT2D eigenvalue weighted by atomic mass is 35.5. The summed E-state index contributed by atoms with van der Waals surface area (Å²) in [7, 11) is 0. The summed E-state index contributed by atoms with van der Waals surface area (Å²) in [5, 5.41) is 6.74. The maximum Gasteiger partial charge on any atom is 0.249 e. The van der Waals surface area contributed by atoms with Crippen LogP contribution in [0.4, 0.5) is 4.39 Å². The molecule has 0 bridgehead atoms. The largest absolute Gasteiger partial charge is 0.344 e. The molecular formula is C12H9ClFN3O2. The van der Waals surface area contributed by atoms with Gasteiger partial charge in [0.25, 0.3) is 0 Å². The van der Waals surface area contributed by atoms with Crippen LogP contribution >= 0.6 is 11.6 Å². The molecule has 1 saturated heterocycles. The molecule has 98 valence electrons. The lowest BCUT2D eigenvalue weighted by atomic mass is 10.2. The lowest BCUT2D eigenvalue weighted by Crippen LogP contribution is -2.18. The van der Waals surface area contributed by atoms with E-state index in [0.717, 1.165) is 0 Å². The summed E-state index contributed by atoms with van der Waals surface area (Å²) in [6.07, 6.45) is 1.07. The summed E-state index contributed by atoms with van der Waals surface area (Å²) in [5.41, 5.74) is 0.488. The third-order valence-corrected chi connectivity index (χ3v) is 3.22. The van der Waals surface area contributed by atoms with E-state index in [1.807, 2.05) is 0 Å². The number of benzene rings is 1. The molecule has 1 amide bonds. The van der Waals surface area contributed by atoms with Crippen LogP contribution in [0.1, 0.15) is 24.8 Å². The van der Waals surface area contributed by atoms with E-state index in [1.165, 1.54) is 18.2 Å². The highest BCUT2D eigenvalue weighted by Gasteiger charge is 2.27. The number of carbonyl (C=O) groups excluding carboxylic acids is 1. The van der Waals surface area contributed by atoms with Crippen LogP contribution in [0, 0.1) is 5.82 Å². The van der Waals surface area contributed by atoms with E-state index < -0.39 is 5.82 Å². The minimum atomic E-state index is -0.430. The fourth-order valence-corrected chi connectivity index (χ4v) is 2.21. The standard InChI is InChI=1S/C12H9ClFN3O2/c13-8-5-6(14)1-2-7(8)11-16-12(19-17-11)9-3-4-10(18)15-9/h1-2,5,9H,3-4H2,(H,15,18)/t9-/m1/s1. The Kier molecular flexibility index (Phi) is 2.94. The molecule has 0 aliphatic carbocycles. The molecule has 19 heavy (non-hydrogen) atoms. The number of rotatable bonds is 2. The SMILES string of the molecule is O=C1CC[C@H](c2nc(-c3ccc(F)cc3Cl)no2)N1. The highest BCUT2D eigenvalue weighted by molar-refractivity contribution is 6.33. The van der Waals surface area contributed by atoms with Crippen molar-refractivity contribution in [1.29, 1.82) is 0 Å². The van der Waals surface area contributed by atoms with Crippen LogP contribution in [0.5, 0.6) is 0 Å². The van der Waals surface area contributed by atoms with Gasteiger partial charge in [0.05, 0.1) is 5.02 Å². The molecule has 0 unspecified atom stereocenters. The molecule has 0 saturated carbocycles. The first-order valence-electron chi connectivity index (χ1n) is 5.72. The number of nitrogens with one attached hydrogen (secondary N) is 1. The number of carbonyl (C=O) groups is 1. The van der Waals surface area contributed by atoms with Gasteiger partial charge in [0.2, 0.25) is 17.6 Å². The Balaban J connectivity index is 1.90. The number of amides is 1. The Hall–Kier alpha value is -1.95. The van der Waals surface area contributed by atoms with E-state index >= 15 is 0 Å². The average molecular weight is 282 g/mol. The summed E-state index contributed by atoms with van der Waals surface area (Å²) in [6.45, 7) is 0. The van der Waals surface area contributed by atoms with E-state index in [0.29, 0.717) is 24.3 Å². The number of hydrogen-bond acceptors (Lipinski definition) is 4. The first-order chi connectivity index (χ1) is 9.13. The van der Waals surface area contributed by atoms with E-state index in [-0.39, 0.29) is 22.8 Å². The molecule has 0 radical (unpaired) electrons. The van der Waals surface area contributed by atoms with E-state index in [4.69, 9.17) is 16.1 Å². The molecule has 1 aromatic heterocycles. The van der Waals surface area contributed by atoms with Gasteiger partial charge < -0.3 is 9.84 Å². The van der Waals surface area contributed by atoms with Crippen molar-refractivity contribution >= 4 is 17.5 Å². The van der Waals surface area contributed by atoms with Gasteiger partial charge in [-0.2, -0.15) is 4.98 Å². The topological polar surface area (TPSA) is 68.0 Å². The molecule has 3 rings (SSSR count). The van der Waals surface area contributed by atoms with Crippen molar-refractivity contribution in [3.63, 3.8) is 0 Å². The van der Waals surface area contributed by atoms with Crippen LogP contribution in [0.3, 0.4) is 0 Å². The van der Waals surface area contributed by atoms with Gasteiger partial charge in [-0.1, -0.05) is 16.8 Å². The smallest absolute Gasteiger partial charge is 0.249 e. The summed E-state index contributed by atoms with van der Waals surface area (Å²) in [6, 6.07) is 3.69. The third kappa shape index (κ3) is 2.31. The van der Waals surface area contributed by atoms with E-state index in [9.17, 15) is 9.18 Å². The summed E-state index contributed by atoms with van der Waals surface area (Å²) in [4.78, 5) is 15.3. The minimum Gasteiger partial charge on any atom is -0.344 e. The summed E-state index contributed by atoms with van der Waals surface area (Å²) in [5.74, 6) is 0.146. The quantitative estimate of drug-likeness (QED) is 0.918. The van der Waals surface area contributed by atoms with Crippen molar-refractivity contribution < 1.29 is 13.7 Å². The molecule has 7 heteroatoms. The maximum atomic E-state index is 13.0. The second-order valence-electron chi connectivity index (χ2n) is 4.24. The van der Waals surface area contributed by atoms with Gasteiger partial charge in [-0.25, -0.2) is 4.39 Å². The normalized spacial score (nSPS) is 18.6. The lowest BCUT2D eigenvalue weighted by Gasteiger charge is -2.01. The van der Waals surface area contributed by atoms with Crippen LogP contribution in [0.25, 0.3) is 11.4 Å². The highest BCUT2D eigenvalue weighted by Crippen LogP contribution is 2.29. The van der Waals surface area contributed by atoms with Gasteiger partial charge in [0, 0.05) is 12.0 Å². The lowest BCUT2D eigenvalue weighted by molar-refractivity contribution is -0.119. The molecule has 1 aliphatic rings. The third-order valence-electron chi connectivity index (χ3n) is 2.91. The fraction of sp³-hybridized carbons (Fsp3) is 0.250. The fourth-order valence-electron chi connectivity index (χ4n) is 1.96. The van der Waals surface area contributed by atoms with Crippen LogP contribution in [-0.2, 0) is 4.79 Å². The zero-order valence-electron chi connectivity index (χ0n) is 9.69. The minimum absolute atomic E-state index is 0.0374. The van der Waals surface area contributed by atoms with Crippen LogP contribution in [-0.4, -0.2) is 16.0 Å². The first kappa shape index (κ1) is 12.1. The molecule has 1 fully saturated rings. The Morgan fingerprint density at radius 1 is 1.47 bits per heavy atom. The predicted octanol–water partition coefficient (Wildman–Crippen LogP) is 2.48. The van der Waals surface area contributed by atoms with Gasteiger partial charge in [-0.3, -0.25) is 4.79 Å². The average Bonchev–Trinajstić information content (AvgIpc) is 2.97. The van der Waals surface area contributed by atoms with Crippen LogP contribution in [0.15, 0.2) is 22.7 Å². The number of aromatic nitrogens is 2. The molecule has 1 aliphatic heterocycles. The van der Waals surface area contributed by atoms with Crippen molar-refractivity contribution in [2.75, 3.05) is 0 Å². The number of halogens is 2. The molecule has 2 aromatic rings. The molecule has 2 heterocycles. The first-order valence-corrected chi connectivity index (χ1v) is 6.09. The van der Waals surface area contributed by atoms with Crippen molar-refractivity contribution in [2.24, 2.45) is 0 Å². The molecular weight excluding hydrogens is 273 g/mol. The van der Waals surface area contributed by atoms with Gasteiger partial charge >= 0.3 is 0 Å². The summed E-state index contributed by atoms with van der Waals surface area (Å²) >= 11 is 5.92. The van der Waals surface area contributed by atoms with E-state index in [2.05, 4.69) is 15.5 Å². The van der Waals surface area contributed by atoms with Crippen molar-refractivity contribution in [3.8, 4) is 11.4 Å². The van der Waals surface area contributed by atoms with Gasteiger partial charge in [-0.05, 0) is 24.6 Å². The maximum absolute atomic E-state index is 13.0. The van der Waals surface area contributed by atoms with Gasteiger partial charge in [-0.15, -0.1) is 0 Å². The van der Waals surface area contributed by atoms with Gasteiger partial charge in [0.15, 0.2) is 0 Å². The molecule has 5 nitrogen and oxygen atoms in total. The monoisotopic (exact) mass is 281 g/mol. The number of hydrogen-bond donors (Lipinski definition) is 1. The molecule has 0 spiro atoms. The molecule has 1 atom stereocenters. The van der Waals surface area contributed by atoms with E-state index in [1.54, 1.807) is 0 Å².